The fourth-order valence-electron chi connectivity index (χ4n) is 2.34. The first kappa shape index (κ1) is 15.4. The molecule has 0 unspecified atom stereocenters. The molecule has 112 valence electrons. The Hall–Kier alpha value is -1.97. The number of hydrogen-bond acceptors (Lipinski definition) is 3. The Kier molecular flexibility index (Phi) is 5.26. The van der Waals surface area contributed by atoms with Crippen LogP contribution in [-0.4, -0.2) is 20.5 Å². The van der Waals surface area contributed by atoms with Crippen LogP contribution in [0.5, 0.6) is 0 Å². The summed E-state index contributed by atoms with van der Waals surface area (Å²) in [5.41, 5.74) is 2.45. The minimum atomic E-state index is 0.217. The molecule has 0 bridgehead atoms. The van der Waals surface area contributed by atoms with Crippen LogP contribution in [0.25, 0.3) is 0 Å². The predicted molar refractivity (Wildman–Crippen MR) is 83.1 cm³/mol. The number of benzene rings is 1. The third-order valence-corrected chi connectivity index (χ3v) is 3.36. The number of Topliss-reactive ketones (excluding diaryl/α,β-unsaturated/α-hetero) is 1. The average molecular weight is 285 g/mol. The van der Waals surface area contributed by atoms with Crippen LogP contribution < -0.4 is 0 Å². The summed E-state index contributed by atoms with van der Waals surface area (Å²) in [4.78, 5) is 16.3. The van der Waals surface area contributed by atoms with Crippen LogP contribution in [0.3, 0.4) is 0 Å². The highest BCUT2D eigenvalue weighted by Gasteiger charge is 2.11. The van der Waals surface area contributed by atoms with Gasteiger partial charge in [-0.3, -0.25) is 4.79 Å². The molecular weight excluding hydrogens is 262 g/mol. The Labute approximate surface area is 126 Å². The van der Waals surface area contributed by atoms with Crippen molar-refractivity contribution in [3.05, 3.63) is 47.5 Å². The molecule has 4 nitrogen and oxygen atoms in total. The van der Waals surface area contributed by atoms with E-state index < -0.39 is 0 Å². The van der Waals surface area contributed by atoms with Crippen molar-refractivity contribution < 1.29 is 4.79 Å². The predicted octanol–water partition coefficient (Wildman–Crippen LogP) is 2.99. The first-order chi connectivity index (χ1) is 10.0. The SMILES string of the molecule is Cc1cccc(CCC(=O)Cc2ncnn2CC(C)C)c1. The second kappa shape index (κ2) is 7.16. The summed E-state index contributed by atoms with van der Waals surface area (Å²) in [6.07, 6.45) is 3.25. The highest BCUT2D eigenvalue weighted by molar-refractivity contribution is 5.80. The van der Waals surface area contributed by atoms with Crippen LogP contribution in [-0.2, 0) is 24.2 Å². The van der Waals surface area contributed by atoms with E-state index in [0.29, 0.717) is 18.8 Å². The van der Waals surface area contributed by atoms with Crippen molar-refractivity contribution in [3.63, 3.8) is 0 Å². The summed E-state index contributed by atoms with van der Waals surface area (Å²) in [5, 5.41) is 4.19. The minimum absolute atomic E-state index is 0.217. The van der Waals surface area contributed by atoms with E-state index >= 15 is 0 Å². The lowest BCUT2D eigenvalue weighted by molar-refractivity contribution is -0.118. The maximum atomic E-state index is 12.1. The Bertz CT molecular complexity index is 602. The number of carbonyl (C=O) groups excluding carboxylic acids is 1. The number of ketones is 1. The van der Waals surface area contributed by atoms with Crippen LogP contribution in [0, 0.1) is 12.8 Å². The van der Waals surface area contributed by atoms with Crippen molar-refractivity contribution in [2.75, 3.05) is 0 Å². The first-order valence-corrected chi connectivity index (χ1v) is 7.48. The van der Waals surface area contributed by atoms with Gasteiger partial charge in [-0.25, -0.2) is 9.67 Å². The highest BCUT2D eigenvalue weighted by Crippen LogP contribution is 2.09. The zero-order valence-corrected chi connectivity index (χ0v) is 13.0. The van der Waals surface area contributed by atoms with Gasteiger partial charge >= 0.3 is 0 Å². The molecule has 0 amide bonds. The third kappa shape index (κ3) is 4.81. The fraction of sp³-hybridized carbons (Fsp3) is 0.471. The molecule has 0 fully saturated rings. The van der Waals surface area contributed by atoms with E-state index in [2.05, 4.69) is 49.1 Å². The van der Waals surface area contributed by atoms with Gasteiger partial charge in [-0.1, -0.05) is 43.7 Å². The number of carbonyl (C=O) groups is 1. The largest absolute Gasteiger partial charge is 0.299 e. The second-order valence-electron chi connectivity index (χ2n) is 5.96. The van der Waals surface area contributed by atoms with E-state index in [1.165, 1.54) is 17.5 Å². The van der Waals surface area contributed by atoms with E-state index in [9.17, 15) is 4.79 Å². The monoisotopic (exact) mass is 285 g/mol. The lowest BCUT2D eigenvalue weighted by Gasteiger charge is -2.08. The molecule has 0 saturated carbocycles. The molecule has 1 aromatic carbocycles. The van der Waals surface area contributed by atoms with E-state index in [4.69, 9.17) is 0 Å². The normalized spacial score (nSPS) is 11.0. The second-order valence-corrected chi connectivity index (χ2v) is 5.96. The number of aromatic nitrogens is 3. The molecule has 0 N–H and O–H groups in total. The van der Waals surface area contributed by atoms with Gasteiger partial charge in [-0.2, -0.15) is 5.10 Å². The van der Waals surface area contributed by atoms with Crippen molar-refractivity contribution in [1.29, 1.82) is 0 Å². The molecule has 0 spiro atoms. The summed E-state index contributed by atoms with van der Waals surface area (Å²) in [6, 6.07) is 8.31. The molecule has 1 aromatic heterocycles. The van der Waals surface area contributed by atoms with Crippen LogP contribution in [0.15, 0.2) is 30.6 Å². The zero-order valence-electron chi connectivity index (χ0n) is 13.0. The lowest BCUT2D eigenvalue weighted by atomic mass is 10.0. The Morgan fingerprint density at radius 1 is 1.33 bits per heavy atom. The lowest BCUT2D eigenvalue weighted by Crippen LogP contribution is -2.14. The van der Waals surface area contributed by atoms with Crippen LogP contribution in [0.4, 0.5) is 0 Å². The Morgan fingerprint density at radius 2 is 2.14 bits per heavy atom. The van der Waals surface area contributed by atoms with Crippen LogP contribution in [0.2, 0.25) is 0 Å². The van der Waals surface area contributed by atoms with Crippen molar-refractivity contribution in [2.45, 2.75) is 46.6 Å². The van der Waals surface area contributed by atoms with Crippen molar-refractivity contribution in [3.8, 4) is 0 Å². The molecule has 2 aromatic rings. The molecule has 0 aliphatic heterocycles. The fourth-order valence-corrected chi connectivity index (χ4v) is 2.34. The number of rotatable bonds is 7. The molecule has 0 aliphatic carbocycles. The molecule has 0 saturated heterocycles. The van der Waals surface area contributed by atoms with Gasteiger partial charge in [0.05, 0.1) is 6.42 Å². The van der Waals surface area contributed by atoms with E-state index in [0.717, 1.165) is 18.8 Å². The van der Waals surface area contributed by atoms with Gasteiger partial charge in [-0.05, 0) is 24.8 Å². The molecule has 4 heteroatoms. The Balaban J connectivity index is 1.89. The third-order valence-electron chi connectivity index (χ3n) is 3.36. The summed E-state index contributed by atoms with van der Waals surface area (Å²) in [7, 11) is 0. The van der Waals surface area contributed by atoms with Gasteiger partial charge in [0, 0.05) is 13.0 Å². The molecule has 0 atom stereocenters. The number of nitrogens with zero attached hydrogens (tertiary/aromatic N) is 3. The molecule has 0 radical (unpaired) electrons. The van der Waals surface area contributed by atoms with Gasteiger partial charge in [0.25, 0.3) is 0 Å². The van der Waals surface area contributed by atoms with Gasteiger partial charge in [-0.15, -0.1) is 0 Å². The van der Waals surface area contributed by atoms with Crippen molar-refractivity contribution in [1.82, 2.24) is 14.8 Å². The number of hydrogen-bond donors (Lipinski definition) is 0. The number of aryl methyl sites for hydroxylation is 2. The maximum Gasteiger partial charge on any atom is 0.140 e. The zero-order chi connectivity index (χ0) is 15.2. The van der Waals surface area contributed by atoms with Gasteiger partial charge in [0.2, 0.25) is 0 Å². The van der Waals surface area contributed by atoms with Crippen molar-refractivity contribution >= 4 is 5.78 Å². The summed E-state index contributed by atoms with van der Waals surface area (Å²) >= 11 is 0. The van der Waals surface area contributed by atoms with Gasteiger partial charge in [0.1, 0.15) is 17.9 Å². The topological polar surface area (TPSA) is 47.8 Å². The minimum Gasteiger partial charge on any atom is -0.299 e. The van der Waals surface area contributed by atoms with E-state index in [1.807, 2.05) is 10.7 Å². The summed E-state index contributed by atoms with van der Waals surface area (Å²) in [5.74, 6) is 1.49. The molecular formula is C17H23N3O. The molecule has 0 aliphatic rings. The average Bonchev–Trinajstić information content (AvgIpc) is 2.83. The Morgan fingerprint density at radius 3 is 2.86 bits per heavy atom. The van der Waals surface area contributed by atoms with Crippen LogP contribution >= 0.6 is 0 Å². The molecule has 21 heavy (non-hydrogen) atoms. The first-order valence-electron chi connectivity index (χ1n) is 7.48. The smallest absolute Gasteiger partial charge is 0.140 e. The maximum absolute atomic E-state index is 12.1. The van der Waals surface area contributed by atoms with E-state index in [1.54, 1.807) is 0 Å². The summed E-state index contributed by atoms with van der Waals surface area (Å²) < 4.78 is 1.84. The quantitative estimate of drug-likeness (QED) is 0.785. The highest BCUT2D eigenvalue weighted by atomic mass is 16.1. The van der Waals surface area contributed by atoms with Crippen molar-refractivity contribution in [2.24, 2.45) is 5.92 Å². The van der Waals surface area contributed by atoms with Gasteiger partial charge < -0.3 is 0 Å². The molecule has 1 heterocycles. The van der Waals surface area contributed by atoms with Gasteiger partial charge in [0.15, 0.2) is 0 Å². The van der Waals surface area contributed by atoms with Crippen LogP contribution in [0.1, 0.15) is 37.2 Å². The molecule has 2 rings (SSSR count). The standard InChI is InChI=1S/C17H23N3O/c1-13(2)11-20-17(18-12-19-20)10-16(21)8-7-15-6-4-5-14(3)9-15/h4-6,9,12-13H,7-8,10-11H2,1-3H3. The summed E-state index contributed by atoms with van der Waals surface area (Å²) in [6.45, 7) is 7.14. The van der Waals surface area contributed by atoms with E-state index in [-0.39, 0.29) is 5.78 Å².